The van der Waals surface area contributed by atoms with E-state index in [-0.39, 0.29) is 437 Å². The first kappa shape index (κ1) is 162. The van der Waals surface area contributed by atoms with Gasteiger partial charge in [-0.3, -0.25) is 68.2 Å². The summed E-state index contributed by atoms with van der Waals surface area (Å²) >= 11 is -0.186. The van der Waals surface area contributed by atoms with Gasteiger partial charge in [-0.1, -0.05) is 23.5 Å². The molecule has 2 aromatic carbocycles. The van der Waals surface area contributed by atoms with Crippen molar-refractivity contribution in [3.05, 3.63) is 48.5 Å². The number of thioether (sulfide) groups is 2. The van der Waals surface area contributed by atoms with Crippen LogP contribution in [0.5, 0.6) is 0 Å². The number of nitrogens with one attached hydrogen (secondary N) is 2. The van der Waals surface area contributed by atoms with E-state index in [1.165, 1.54) is 0 Å². The molecule has 0 spiro atoms. The van der Waals surface area contributed by atoms with Gasteiger partial charge in [0.05, 0.1) is 26.4 Å². The van der Waals surface area contributed by atoms with Crippen LogP contribution >= 0.6 is 23.5 Å². The second-order valence-corrected chi connectivity index (χ2v) is 38.7. The number of ether oxygens (including phenoxy) is 6. The summed E-state index contributed by atoms with van der Waals surface area (Å²) in [6.07, 6.45) is -60.7. The van der Waals surface area contributed by atoms with E-state index in [4.69, 9.17) is 28.4 Å². The van der Waals surface area contributed by atoms with Crippen molar-refractivity contribution in [3.63, 3.8) is 0 Å². The van der Waals surface area contributed by atoms with Gasteiger partial charge < -0.3 is 103 Å². The average Bonchev–Trinajstić information content (AvgIpc) is 0.755. The summed E-state index contributed by atoms with van der Waals surface area (Å²) in [6.45, 7) is -8.41. The average molecular weight is 2380 g/mol. The molecule has 66 nitrogen and oxygen atoms in total. The Kier molecular flexibility index (Phi) is 80.4. The van der Waals surface area contributed by atoms with E-state index >= 15 is 0 Å². The summed E-state index contributed by atoms with van der Waals surface area (Å²) in [5, 5.41) is 3.92. The van der Waals surface area contributed by atoms with E-state index in [1.807, 2.05) is 10.6 Å². The molecule has 694 valence electrons. The molecule has 4 heterocycles. The summed E-state index contributed by atoms with van der Waals surface area (Å²) in [7, 11) is -90.5. The molecule has 4 aliphatic rings. The number of hydrogen-bond acceptors (Lipinski definition) is 66. The molecule has 96 heteroatoms. The fourth-order valence-corrected chi connectivity index (χ4v) is 18.5. The van der Waals surface area contributed by atoms with Crippen molar-refractivity contribution in [1.29, 1.82) is 0 Å². The number of hydrogen-bond donors (Lipinski definition) is 2. The molecule has 4 aliphatic heterocycles. The Morgan fingerprint density at radius 1 is 0.239 bits per heavy atom. The standard InChI is InChI=1S/C38H52N2O64S16.14Na/c41-33(39-13-1-5-15(6-2-13)105-37-31(103-119(79,80)81)25(97-113(61,62)63)21(17(91-37)9-85-107(43,44)45)93-35-29(101-117(73,74)75)27(99-115(67,68)69)23(95-111(55,56)57)19(89-35)11-87-109(49,50)51)34(42)40-14-3-7-16(8-4-14)106-38-32(104-120(82,83)84)26(98-114(64,65)66)22(18(92-38)10-86-108(46,47)48)94-36-30(102-118(76,77)78)28(100-116(70,71)72)24(96-112(58,59)60)20(90-36)12-88-110(52,53)54;;;;;;;;;;;;;;/h1-8,17-32,35-38H,9-12H2,(H,39,41)(H,40,42)(H,43,44,45)(H,46,47,48)(H,49,50,51)(H,52,53,54)(H,55,56,57)(H,58,59,60)(H,61,62,63)(H,64,65,66)(H,67,68,69)(H,70,71,72)(H,73,74,75)(H,76,77,78)(H,79,80,81)(H,82,83,84);;;;;;;;;;;;;;/q;14*+1/p-14/t17-,18-,19-,20-,21-,22-,23-,24-,25+,26+,27+,28+,29-,30-,31-,32-,35-,36-,37+,38+;;;;;;;;;;;;;;/m1............../s1. The fraction of sp³-hybridized carbons (Fsp3) is 0.632. The molecule has 134 heavy (non-hydrogen) atoms. The SMILES string of the molecule is O=C(Nc1ccc(S[C@@H]2O[C@H](COS(=O)(=O)[O-])[C@@H](O[C@H]3O[C@H](COS(=O)(=O)[O-])[C@@H](OS(=O)(=O)[O-])[C@H](OS(=O)(=O)[O-])[C@H]3OS(=O)(=O)[O-])[C@H](OS(=O)(=O)[O-])[C@H]2OS(=O)(=O)[O-])cc1)C(=O)Nc1ccc(S[C@@H]2O[C@H](COS(=O)(=O)[O-])[C@@H](O[C@H]3O[C@H](COS(=O)(=O)[O-])[C@@H](OS(=O)(=O)[O-])[C@H](OS(=O)(=O)[O-])[C@H]3OS(=O)(=O)[O-])[C@H](OS(=O)(=O)[O-])[C@H]2OS(=O)(=O)[O-])cc1.[Na+].[Na+].[Na+].[Na+].[Na+].[Na+].[Na+].[Na+].[Na+].[Na+].[Na+].[Na+].[Na+].[Na+]. The zero-order chi connectivity index (χ0) is 91.5. The van der Waals surface area contributed by atoms with E-state index in [0.29, 0.717) is 0 Å². The van der Waals surface area contributed by atoms with Crippen LogP contribution in [0.15, 0.2) is 58.3 Å². The predicted octanol–water partition coefficient (Wildman–Crippen LogP) is -55.5. The maximum Gasteiger partial charge on any atom is 1.00 e. The van der Waals surface area contributed by atoms with Gasteiger partial charge in [-0.2, -0.15) is 0 Å². The quantitative estimate of drug-likeness (QED) is 0.0270. The van der Waals surface area contributed by atoms with Crippen molar-refractivity contribution in [3.8, 4) is 0 Å². The topological polar surface area (TPSA) is 1040 Å². The first-order chi connectivity index (χ1) is 53.9. The number of carbonyl (C=O) groups is 2. The van der Waals surface area contributed by atoms with Crippen molar-refractivity contribution < 1.29 is 692 Å². The summed E-state index contributed by atoms with van der Waals surface area (Å²) < 4.78 is 592. The molecular weight excluding hydrogens is 2340 g/mol. The maximum atomic E-state index is 13.3. The van der Waals surface area contributed by atoms with E-state index in [1.54, 1.807) is 0 Å². The molecule has 0 saturated carbocycles. The zero-order valence-corrected chi connectivity index (χ0v) is 111. The van der Waals surface area contributed by atoms with Crippen LogP contribution in [0, 0.1) is 0 Å². The van der Waals surface area contributed by atoms with Crippen LogP contribution in [0.3, 0.4) is 0 Å². The van der Waals surface area contributed by atoms with E-state index in [2.05, 4.69) is 58.6 Å². The third-order valence-electron chi connectivity index (χ3n) is 13.7. The van der Waals surface area contributed by atoms with Gasteiger partial charge in [0.25, 0.3) is 0 Å². The Morgan fingerprint density at radius 2 is 0.410 bits per heavy atom. The van der Waals surface area contributed by atoms with Crippen molar-refractivity contribution in [2.75, 3.05) is 37.1 Å². The van der Waals surface area contributed by atoms with Crippen molar-refractivity contribution in [2.24, 2.45) is 0 Å². The summed E-state index contributed by atoms with van der Waals surface area (Å²) in [5.74, 6) is -3.40. The van der Waals surface area contributed by atoms with E-state index < -0.39 is 326 Å². The van der Waals surface area contributed by atoms with Gasteiger partial charge in [0.2, 0.25) is 146 Å². The summed E-state index contributed by atoms with van der Waals surface area (Å²) in [6, 6.07) is 6.18. The summed E-state index contributed by atoms with van der Waals surface area (Å²) in [4.78, 5) is 25.5. The summed E-state index contributed by atoms with van der Waals surface area (Å²) in [5.41, 5.74) is -6.33. The molecule has 0 aliphatic carbocycles. The van der Waals surface area contributed by atoms with Crippen LogP contribution < -0.4 is 424 Å². The molecule has 2 aromatic rings. The van der Waals surface area contributed by atoms with Gasteiger partial charge in [0.1, 0.15) is 96.3 Å². The second kappa shape index (κ2) is 66.7. The monoisotopic (exact) mass is 2380 g/mol. The molecule has 6 rings (SSSR count). The van der Waals surface area contributed by atoms with E-state index in [9.17, 15) is 191 Å². The zero-order valence-electron chi connectivity index (χ0n) is 69.7. The molecular formula is C38H38N2Na14O64S16. The molecule has 0 unspecified atom stereocenters. The maximum absolute atomic E-state index is 13.3. The molecule has 4 saturated heterocycles. The number of anilines is 2. The number of carbonyl (C=O) groups excluding carboxylic acids is 2. The van der Waals surface area contributed by atoms with Gasteiger partial charge in [0.15, 0.2) is 24.8 Å². The normalized spacial score (nSPS) is 26.0. The molecule has 0 radical (unpaired) electrons. The Hall–Kier alpha value is 10.0. The Bertz CT molecular complexity index is 5440. The van der Waals surface area contributed by atoms with Gasteiger partial charge >= 0.3 is 426 Å². The number of rotatable bonds is 42. The minimum absolute atomic E-state index is 0. The molecule has 2 N–H and O–H groups in total. The van der Waals surface area contributed by atoms with E-state index in [0.717, 1.165) is 48.5 Å². The van der Waals surface area contributed by atoms with Crippen LogP contribution in [0.25, 0.3) is 0 Å². The minimum atomic E-state index is -6.66. The smallest absolute Gasteiger partial charge is 0.726 e. The van der Waals surface area contributed by atoms with Crippen LogP contribution in [0.1, 0.15) is 0 Å². The van der Waals surface area contributed by atoms with Crippen molar-refractivity contribution >= 4 is 192 Å². The predicted molar refractivity (Wildman–Crippen MR) is 335 cm³/mol. The minimum Gasteiger partial charge on any atom is -0.726 e. The molecule has 4 fully saturated rings. The largest absolute Gasteiger partial charge is 1.00 e. The molecule has 20 atom stereocenters. The number of benzene rings is 2. The fourth-order valence-electron chi connectivity index (χ4n) is 10.0. The van der Waals surface area contributed by atoms with Crippen molar-refractivity contribution in [1.82, 2.24) is 0 Å². The Morgan fingerprint density at radius 3 is 0.604 bits per heavy atom. The van der Waals surface area contributed by atoms with Gasteiger partial charge in [0, 0.05) is 21.2 Å². The van der Waals surface area contributed by atoms with Crippen molar-refractivity contribution in [2.45, 2.75) is 131 Å². The Balaban J connectivity index is -0.00000159. The Labute approximate surface area is 1080 Å². The molecule has 0 aromatic heterocycles. The first-order valence-corrected chi connectivity index (χ1v) is 49.2. The molecule has 0 bridgehead atoms. The van der Waals surface area contributed by atoms with Crippen LogP contribution in [-0.4, -0.2) is 341 Å². The van der Waals surface area contributed by atoms with Crippen LogP contribution in [-0.2, 0) is 242 Å². The third-order valence-corrected chi connectivity index (χ3v) is 22.3. The second-order valence-electron chi connectivity index (χ2n) is 22.0. The van der Waals surface area contributed by atoms with Gasteiger partial charge in [-0.25, -0.2) is 118 Å². The van der Waals surface area contributed by atoms with Crippen LogP contribution in [0.2, 0.25) is 0 Å². The van der Waals surface area contributed by atoms with Gasteiger partial charge in [-0.15, -0.1) is 0 Å². The third kappa shape index (κ3) is 62.8. The first-order valence-electron chi connectivity index (χ1n) is 28.8. The number of amides is 2. The van der Waals surface area contributed by atoms with Crippen LogP contribution in [0.4, 0.5) is 11.4 Å². The molecule has 2 amide bonds. The van der Waals surface area contributed by atoms with Gasteiger partial charge in [-0.05, 0) is 48.5 Å².